The first kappa shape index (κ1) is 30.2. The number of thiophene rings is 1. The molecule has 0 bridgehead atoms. The smallest absolute Gasteiger partial charge is 0.475 e. The van der Waals surface area contributed by atoms with Gasteiger partial charge in [0.2, 0.25) is 0 Å². The standard InChI is InChI=1S/C24H17Cl2N3O3S2.C2HF3O2/c25-22-14-21(24(26)33-22)34(30,31)29-16-8-11-19-20(13-16)28-23(27-19)12-15-6-9-18(10-7-15)32-17-4-2-1-3-5-17;3-2(4,5)1(6)7/h1-11,13-14,29H,12H2,(H,27,28);(H,6,7). The van der Waals surface area contributed by atoms with E-state index in [4.69, 9.17) is 37.8 Å². The van der Waals surface area contributed by atoms with E-state index in [1.165, 1.54) is 6.07 Å². The van der Waals surface area contributed by atoms with Crippen LogP contribution in [-0.4, -0.2) is 35.6 Å². The molecule has 3 aromatic carbocycles. The minimum Gasteiger partial charge on any atom is -0.475 e. The highest BCUT2D eigenvalue weighted by atomic mass is 35.5. The van der Waals surface area contributed by atoms with Crippen molar-refractivity contribution in [3.05, 3.63) is 98.9 Å². The molecule has 0 aliphatic rings. The summed E-state index contributed by atoms with van der Waals surface area (Å²) >= 11 is 12.9. The first-order valence-electron chi connectivity index (χ1n) is 11.4. The third kappa shape index (κ3) is 8.13. The summed E-state index contributed by atoms with van der Waals surface area (Å²) in [6, 6.07) is 23.8. The highest BCUT2D eigenvalue weighted by Crippen LogP contribution is 2.35. The number of carboxylic acid groups (broad SMARTS) is 1. The molecule has 0 saturated carbocycles. The first-order chi connectivity index (χ1) is 19.3. The number of ether oxygens (including phenoxy) is 1. The number of para-hydroxylation sites is 1. The largest absolute Gasteiger partial charge is 0.490 e. The number of nitrogens with zero attached hydrogens (tertiary/aromatic N) is 1. The fourth-order valence-corrected chi connectivity index (χ4v) is 6.62. The van der Waals surface area contributed by atoms with Crippen LogP contribution in [0.2, 0.25) is 8.67 Å². The molecule has 5 rings (SSSR count). The minimum absolute atomic E-state index is 0.0470. The molecule has 0 saturated heterocycles. The Morgan fingerprint density at radius 1 is 1.00 bits per heavy atom. The van der Waals surface area contributed by atoms with Crippen LogP contribution in [0.25, 0.3) is 11.0 Å². The van der Waals surface area contributed by atoms with Crippen molar-refractivity contribution in [2.24, 2.45) is 0 Å². The Morgan fingerprint density at radius 3 is 2.22 bits per heavy atom. The SMILES string of the molecule is O=C(O)C(F)(F)F.O=S(=O)(Nc1ccc2nc(Cc3ccc(Oc4ccccc4)cc3)[nH]c2c1)c1cc(Cl)sc1Cl. The van der Waals surface area contributed by atoms with Crippen molar-refractivity contribution in [2.75, 3.05) is 4.72 Å². The molecule has 0 fully saturated rings. The number of carboxylic acids is 1. The van der Waals surface area contributed by atoms with E-state index in [9.17, 15) is 21.6 Å². The van der Waals surface area contributed by atoms with Gasteiger partial charge >= 0.3 is 12.1 Å². The number of halogens is 5. The molecular formula is C26H18Cl2F3N3O5S2. The van der Waals surface area contributed by atoms with Gasteiger partial charge in [-0.15, -0.1) is 11.3 Å². The Morgan fingerprint density at radius 2 is 1.63 bits per heavy atom. The number of sulfonamides is 1. The summed E-state index contributed by atoms with van der Waals surface area (Å²) in [6.07, 6.45) is -4.50. The van der Waals surface area contributed by atoms with Gasteiger partial charge in [0, 0.05) is 6.42 Å². The summed E-state index contributed by atoms with van der Waals surface area (Å²) in [6.45, 7) is 0. The van der Waals surface area contributed by atoms with Gasteiger partial charge in [0.1, 0.15) is 26.6 Å². The van der Waals surface area contributed by atoms with Crippen molar-refractivity contribution in [3.63, 3.8) is 0 Å². The average Bonchev–Trinajstić information content (AvgIpc) is 3.46. The molecule has 0 aliphatic heterocycles. The summed E-state index contributed by atoms with van der Waals surface area (Å²) in [7, 11) is -3.86. The number of anilines is 1. The van der Waals surface area contributed by atoms with Crippen LogP contribution in [0.4, 0.5) is 18.9 Å². The van der Waals surface area contributed by atoms with Crippen LogP contribution in [0.1, 0.15) is 11.4 Å². The number of H-pyrrole nitrogens is 1. The van der Waals surface area contributed by atoms with Gasteiger partial charge in [0.05, 0.1) is 21.1 Å². The highest BCUT2D eigenvalue weighted by molar-refractivity contribution is 7.93. The van der Waals surface area contributed by atoms with Gasteiger partial charge in [0.25, 0.3) is 10.0 Å². The molecular weight excluding hydrogens is 626 g/mol. The van der Waals surface area contributed by atoms with Gasteiger partial charge in [-0.3, -0.25) is 4.72 Å². The van der Waals surface area contributed by atoms with Crippen molar-refractivity contribution >= 4 is 67.3 Å². The van der Waals surface area contributed by atoms with Crippen LogP contribution in [0, 0.1) is 0 Å². The summed E-state index contributed by atoms with van der Waals surface area (Å²) in [5.41, 5.74) is 2.90. The van der Waals surface area contributed by atoms with Gasteiger partial charge in [0.15, 0.2) is 0 Å². The monoisotopic (exact) mass is 643 g/mol. The summed E-state index contributed by atoms with van der Waals surface area (Å²) in [5, 5.41) is 7.12. The Bertz CT molecular complexity index is 1780. The quantitative estimate of drug-likeness (QED) is 0.167. The lowest BCUT2D eigenvalue weighted by atomic mass is 10.1. The van der Waals surface area contributed by atoms with Crippen LogP contribution in [0.3, 0.4) is 0 Å². The molecule has 0 spiro atoms. The van der Waals surface area contributed by atoms with Crippen LogP contribution in [-0.2, 0) is 21.2 Å². The van der Waals surface area contributed by atoms with Crippen molar-refractivity contribution in [3.8, 4) is 11.5 Å². The van der Waals surface area contributed by atoms with Gasteiger partial charge in [-0.1, -0.05) is 53.5 Å². The lowest BCUT2D eigenvalue weighted by Gasteiger charge is -2.07. The normalized spacial score (nSPS) is 11.5. The molecule has 0 aliphatic carbocycles. The zero-order valence-electron chi connectivity index (χ0n) is 20.4. The zero-order chi connectivity index (χ0) is 29.8. The highest BCUT2D eigenvalue weighted by Gasteiger charge is 2.38. The van der Waals surface area contributed by atoms with Gasteiger partial charge in [-0.2, -0.15) is 13.2 Å². The maximum atomic E-state index is 12.7. The molecule has 0 unspecified atom stereocenters. The van der Waals surface area contributed by atoms with Crippen molar-refractivity contribution in [1.29, 1.82) is 0 Å². The Balaban J connectivity index is 0.000000493. The van der Waals surface area contributed by atoms with E-state index in [1.54, 1.807) is 18.2 Å². The number of imidazole rings is 1. The van der Waals surface area contributed by atoms with Crippen molar-refractivity contribution in [1.82, 2.24) is 9.97 Å². The van der Waals surface area contributed by atoms with E-state index in [1.807, 2.05) is 54.6 Å². The first-order valence-corrected chi connectivity index (χ1v) is 14.4. The molecule has 0 atom stereocenters. The average molecular weight is 644 g/mol. The fraction of sp³-hybridized carbons (Fsp3) is 0.0769. The number of benzene rings is 3. The number of hydrogen-bond acceptors (Lipinski definition) is 6. The molecule has 214 valence electrons. The Kier molecular flexibility index (Phi) is 9.12. The summed E-state index contributed by atoms with van der Waals surface area (Å²) < 4.78 is 65.9. The maximum absolute atomic E-state index is 12.7. The Labute approximate surface area is 245 Å². The second kappa shape index (κ2) is 12.4. The maximum Gasteiger partial charge on any atom is 0.490 e. The second-order valence-corrected chi connectivity index (χ2v) is 12.2. The molecule has 2 aromatic heterocycles. The Hall–Kier alpha value is -3.78. The van der Waals surface area contributed by atoms with Crippen molar-refractivity contribution < 1.29 is 36.2 Å². The lowest BCUT2D eigenvalue weighted by Crippen LogP contribution is -2.21. The number of aliphatic carboxylic acids is 1. The van der Waals surface area contributed by atoms with Crippen LogP contribution in [0.5, 0.6) is 11.5 Å². The van der Waals surface area contributed by atoms with Gasteiger partial charge in [-0.25, -0.2) is 18.2 Å². The number of carbonyl (C=O) groups is 1. The lowest BCUT2D eigenvalue weighted by molar-refractivity contribution is -0.192. The van der Waals surface area contributed by atoms with Crippen LogP contribution < -0.4 is 9.46 Å². The van der Waals surface area contributed by atoms with Gasteiger partial charge < -0.3 is 14.8 Å². The predicted octanol–water partition coefficient (Wildman–Crippen LogP) is 7.75. The van der Waals surface area contributed by atoms with E-state index in [-0.39, 0.29) is 9.23 Å². The fourth-order valence-electron chi connectivity index (χ4n) is 3.42. The number of fused-ring (bicyclic) bond motifs is 1. The molecule has 8 nitrogen and oxygen atoms in total. The summed E-state index contributed by atoms with van der Waals surface area (Å²) in [4.78, 5) is 16.7. The zero-order valence-corrected chi connectivity index (χ0v) is 23.6. The number of alkyl halides is 3. The van der Waals surface area contributed by atoms with Crippen LogP contribution in [0.15, 0.2) is 83.8 Å². The van der Waals surface area contributed by atoms with Crippen LogP contribution >= 0.6 is 34.5 Å². The summed E-state index contributed by atoms with van der Waals surface area (Å²) in [5.74, 6) is -0.460. The minimum atomic E-state index is -5.08. The third-order valence-corrected chi connectivity index (χ3v) is 8.35. The number of aromatic nitrogens is 2. The number of rotatable bonds is 7. The van der Waals surface area contributed by atoms with E-state index >= 15 is 0 Å². The molecule has 41 heavy (non-hydrogen) atoms. The second-order valence-electron chi connectivity index (χ2n) is 8.25. The number of nitrogens with one attached hydrogen (secondary N) is 2. The number of hydrogen-bond donors (Lipinski definition) is 3. The van der Waals surface area contributed by atoms with E-state index < -0.39 is 22.2 Å². The third-order valence-electron chi connectivity index (χ3n) is 5.21. The number of aromatic amines is 1. The molecule has 5 aromatic rings. The van der Waals surface area contributed by atoms with E-state index in [2.05, 4.69) is 14.7 Å². The van der Waals surface area contributed by atoms with Gasteiger partial charge in [-0.05, 0) is 54.1 Å². The molecule has 2 heterocycles. The molecule has 0 amide bonds. The van der Waals surface area contributed by atoms with E-state index in [0.717, 1.165) is 39.7 Å². The molecule has 3 N–H and O–H groups in total. The molecule has 15 heteroatoms. The topological polar surface area (TPSA) is 121 Å². The van der Waals surface area contributed by atoms with E-state index in [0.29, 0.717) is 22.0 Å². The molecule has 0 radical (unpaired) electrons. The van der Waals surface area contributed by atoms with Crippen molar-refractivity contribution in [2.45, 2.75) is 17.5 Å². The predicted molar refractivity (Wildman–Crippen MR) is 151 cm³/mol.